The Labute approximate surface area is 164 Å². The fourth-order valence-corrected chi connectivity index (χ4v) is 4.86. The van der Waals surface area contributed by atoms with Crippen LogP contribution in [0.1, 0.15) is 11.1 Å². The van der Waals surface area contributed by atoms with E-state index in [-0.39, 0.29) is 25.3 Å². The molecule has 0 aliphatic heterocycles. The number of aliphatic hydroxyl groups is 2. The molecule has 0 aromatic heterocycles. The van der Waals surface area contributed by atoms with Crippen LogP contribution in [-0.4, -0.2) is 47.0 Å². The molecule has 26 heavy (non-hydrogen) atoms. The van der Waals surface area contributed by atoms with Gasteiger partial charge in [0.1, 0.15) is 0 Å². The summed E-state index contributed by atoms with van der Waals surface area (Å²) in [6.07, 6.45) is 0. The minimum atomic E-state index is 0.0672. The SMILES string of the molecule is OC[C@@H](CSSC[C@H](CO)NCc1ccccc1)NCc1ccccc1. The van der Waals surface area contributed by atoms with Gasteiger partial charge in [0.15, 0.2) is 0 Å². The van der Waals surface area contributed by atoms with E-state index >= 15 is 0 Å². The molecule has 4 N–H and O–H groups in total. The number of hydrogen-bond donors (Lipinski definition) is 4. The second-order valence-electron chi connectivity index (χ2n) is 6.06. The second-order valence-corrected chi connectivity index (χ2v) is 8.61. The number of aliphatic hydroxyl groups excluding tert-OH is 2. The van der Waals surface area contributed by atoms with Gasteiger partial charge in [0.05, 0.1) is 13.2 Å². The van der Waals surface area contributed by atoms with Gasteiger partial charge in [-0.25, -0.2) is 0 Å². The summed E-state index contributed by atoms with van der Waals surface area (Å²) in [7, 11) is 3.46. The molecule has 0 saturated carbocycles. The van der Waals surface area contributed by atoms with Crippen LogP contribution >= 0.6 is 21.6 Å². The van der Waals surface area contributed by atoms with Crippen LogP contribution in [0.3, 0.4) is 0 Å². The smallest absolute Gasteiger partial charge is 0.0593 e. The van der Waals surface area contributed by atoms with Crippen molar-refractivity contribution >= 4 is 21.6 Å². The average Bonchev–Trinajstić information content (AvgIpc) is 2.71. The van der Waals surface area contributed by atoms with Crippen molar-refractivity contribution in [3.63, 3.8) is 0 Å². The van der Waals surface area contributed by atoms with Gasteiger partial charge >= 0.3 is 0 Å². The summed E-state index contributed by atoms with van der Waals surface area (Å²) in [5.41, 5.74) is 2.43. The van der Waals surface area contributed by atoms with Crippen LogP contribution in [0, 0.1) is 0 Å². The monoisotopic (exact) mass is 392 g/mol. The van der Waals surface area contributed by atoms with E-state index in [9.17, 15) is 10.2 Å². The van der Waals surface area contributed by atoms with Gasteiger partial charge in [-0.15, -0.1) is 0 Å². The standard InChI is InChI=1S/C20H28N2O2S2/c23-13-19(21-11-17-7-3-1-4-8-17)15-25-26-16-20(14-24)22-12-18-9-5-2-6-10-18/h1-10,19-24H,11-16H2/t19-,20-/m0/s1. The van der Waals surface area contributed by atoms with Gasteiger partial charge in [0.2, 0.25) is 0 Å². The van der Waals surface area contributed by atoms with Crippen molar-refractivity contribution in [2.75, 3.05) is 24.7 Å². The van der Waals surface area contributed by atoms with Crippen molar-refractivity contribution in [3.05, 3.63) is 71.8 Å². The van der Waals surface area contributed by atoms with Crippen LogP contribution in [0.4, 0.5) is 0 Å². The molecule has 2 aromatic carbocycles. The zero-order valence-corrected chi connectivity index (χ0v) is 16.5. The molecule has 0 aliphatic carbocycles. The normalized spacial score (nSPS) is 13.5. The number of hydrogen-bond acceptors (Lipinski definition) is 6. The Hall–Kier alpha value is -1.02. The summed E-state index contributed by atoms with van der Waals surface area (Å²) in [4.78, 5) is 0. The van der Waals surface area contributed by atoms with Crippen LogP contribution in [-0.2, 0) is 13.1 Å². The van der Waals surface area contributed by atoms with Crippen LogP contribution in [0.15, 0.2) is 60.7 Å². The van der Waals surface area contributed by atoms with Gasteiger partial charge in [-0.3, -0.25) is 0 Å². The first-order chi connectivity index (χ1) is 12.8. The van der Waals surface area contributed by atoms with Crippen LogP contribution in [0.25, 0.3) is 0 Å². The van der Waals surface area contributed by atoms with E-state index < -0.39 is 0 Å². The highest BCUT2D eigenvalue weighted by atomic mass is 33.1. The van der Waals surface area contributed by atoms with E-state index in [1.54, 1.807) is 21.6 Å². The van der Waals surface area contributed by atoms with Crippen molar-refractivity contribution < 1.29 is 10.2 Å². The van der Waals surface area contributed by atoms with Crippen LogP contribution < -0.4 is 10.6 Å². The predicted octanol–water partition coefficient (Wildman–Crippen LogP) is 2.67. The Bertz CT molecular complexity index is 533. The molecule has 0 unspecified atom stereocenters. The van der Waals surface area contributed by atoms with Crippen molar-refractivity contribution in [2.45, 2.75) is 25.2 Å². The van der Waals surface area contributed by atoms with Gasteiger partial charge < -0.3 is 20.8 Å². The zero-order chi connectivity index (χ0) is 18.5. The third-order valence-electron chi connectivity index (χ3n) is 3.94. The molecular weight excluding hydrogens is 364 g/mol. The number of benzene rings is 2. The average molecular weight is 393 g/mol. The summed E-state index contributed by atoms with van der Waals surface area (Å²) >= 11 is 0. The summed E-state index contributed by atoms with van der Waals surface area (Å²) in [5.74, 6) is 1.65. The lowest BCUT2D eigenvalue weighted by Crippen LogP contribution is -2.35. The first kappa shape index (κ1) is 21.3. The third kappa shape index (κ3) is 8.58. The molecule has 0 fully saturated rings. The fourth-order valence-electron chi connectivity index (χ4n) is 2.33. The predicted molar refractivity (Wildman–Crippen MR) is 113 cm³/mol. The largest absolute Gasteiger partial charge is 0.395 e. The molecule has 0 amide bonds. The molecule has 0 saturated heterocycles. The lowest BCUT2D eigenvalue weighted by atomic mass is 10.2. The lowest BCUT2D eigenvalue weighted by molar-refractivity contribution is 0.253. The molecule has 142 valence electrons. The van der Waals surface area contributed by atoms with Crippen molar-refractivity contribution in [2.24, 2.45) is 0 Å². The Morgan fingerprint density at radius 3 is 1.38 bits per heavy atom. The molecule has 2 aromatic rings. The zero-order valence-electron chi connectivity index (χ0n) is 14.9. The summed E-state index contributed by atoms with van der Waals surface area (Å²) < 4.78 is 0. The van der Waals surface area contributed by atoms with Gasteiger partial charge in [-0.05, 0) is 11.1 Å². The maximum atomic E-state index is 9.53. The van der Waals surface area contributed by atoms with Gasteiger partial charge in [0, 0.05) is 36.7 Å². The molecule has 2 atom stereocenters. The Morgan fingerprint density at radius 1 is 0.654 bits per heavy atom. The maximum absolute atomic E-state index is 9.53. The molecule has 0 radical (unpaired) electrons. The summed E-state index contributed by atoms with van der Waals surface area (Å²) in [6, 6.07) is 20.5. The first-order valence-electron chi connectivity index (χ1n) is 8.82. The van der Waals surface area contributed by atoms with Crippen molar-refractivity contribution in [3.8, 4) is 0 Å². The van der Waals surface area contributed by atoms with Crippen LogP contribution in [0.5, 0.6) is 0 Å². The molecule has 0 heterocycles. The van der Waals surface area contributed by atoms with E-state index in [1.807, 2.05) is 36.4 Å². The minimum absolute atomic E-state index is 0.0672. The first-order valence-corrected chi connectivity index (χ1v) is 11.3. The molecule has 2 rings (SSSR count). The highest BCUT2D eigenvalue weighted by Gasteiger charge is 2.10. The lowest BCUT2D eigenvalue weighted by Gasteiger charge is -2.18. The molecule has 0 aliphatic rings. The van der Waals surface area contributed by atoms with Crippen LogP contribution in [0.2, 0.25) is 0 Å². The summed E-state index contributed by atoms with van der Waals surface area (Å²) in [5, 5.41) is 25.8. The number of rotatable bonds is 13. The topological polar surface area (TPSA) is 64.5 Å². The Kier molecular flexibility index (Phi) is 10.8. The van der Waals surface area contributed by atoms with Gasteiger partial charge in [0.25, 0.3) is 0 Å². The highest BCUT2D eigenvalue weighted by molar-refractivity contribution is 8.76. The van der Waals surface area contributed by atoms with E-state index in [0.717, 1.165) is 24.6 Å². The van der Waals surface area contributed by atoms with E-state index in [1.165, 1.54) is 11.1 Å². The fraction of sp³-hybridized carbons (Fsp3) is 0.400. The minimum Gasteiger partial charge on any atom is -0.395 e. The molecule has 4 nitrogen and oxygen atoms in total. The van der Waals surface area contributed by atoms with Crippen molar-refractivity contribution in [1.82, 2.24) is 10.6 Å². The van der Waals surface area contributed by atoms with E-state index in [4.69, 9.17) is 0 Å². The van der Waals surface area contributed by atoms with Crippen molar-refractivity contribution in [1.29, 1.82) is 0 Å². The number of nitrogens with one attached hydrogen (secondary N) is 2. The second kappa shape index (κ2) is 13.2. The Balaban J connectivity index is 1.60. The molecule has 6 heteroatoms. The molecule has 0 bridgehead atoms. The Morgan fingerprint density at radius 2 is 1.04 bits per heavy atom. The maximum Gasteiger partial charge on any atom is 0.0593 e. The molecular formula is C20H28N2O2S2. The quantitative estimate of drug-likeness (QED) is 0.311. The van der Waals surface area contributed by atoms with Gasteiger partial charge in [-0.2, -0.15) is 0 Å². The van der Waals surface area contributed by atoms with E-state index in [2.05, 4.69) is 34.9 Å². The van der Waals surface area contributed by atoms with E-state index in [0.29, 0.717) is 0 Å². The summed E-state index contributed by atoms with van der Waals surface area (Å²) in [6.45, 7) is 1.76. The van der Waals surface area contributed by atoms with Gasteiger partial charge in [-0.1, -0.05) is 82.3 Å². The highest BCUT2D eigenvalue weighted by Crippen LogP contribution is 2.23. The molecule has 0 spiro atoms. The third-order valence-corrected chi connectivity index (χ3v) is 6.50.